The number of amides is 1. The number of nitrogens with one attached hydrogen (secondary N) is 2. The number of para-hydroxylation sites is 2. The Hall–Kier alpha value is -4.64. The van der Waals surface area contributed by atoms with Gasteiger partial charge in [0.2, 0.25) is 0 Å². The van der Waals surface area contributed by atoms with Gasteiger partial charge in [0, 0.05) is 28.0 Å². The third-order valence-corrected chi connectivity index (χ3v) is 5.55. The first-order valence-corrected chi connectivity index (χ1v) is 11.0. The van der Waals surface area contributed by atoms with E-state index in [2.05, 4.69) is 10.6 Å². The van der Waals surface area contributed by atoms with Gasteiger partial charge in [0.05, 0.1) is 23.9 Å². The van der Waals surface area contributed by atoms with Gasteiger partial charge in [-0.3, -0.25) is 4.79 Å². The van der Waals surface area contributed by atoms with E-state index in [9.17, 15) is 4.79 Å². The molecule has 5 rings (SSSR count). The van der Waals surface area contributed by atoms with Crippen molar-refractivity contribution in [2.45, 2.75) is 0 Å². The summed E-state index contributed by atoms with van der Waals surface area (Å²) in [6.45, 7) is 0. The Morgan fingerprint density at radius 1 is 0.735 bits per heavy atom. The van der Waals surface area contributed by atoms with E-state index in [1.54, 1.807) is 7.11 Å². The van der Waals surface area contributed by atoms with E-state index in [4.69, 9.17) is 9.72 Å². The van der Waals surface area contributed by atoms with E-state index in [0.717, 1.165) is 45.0 Å². The van der Waals surface area contributed by atoms with Crippen LogP contribution in [0.25, 0.3) is 22.2 Å². The highest BCUT2D eigenvalue weighted by molar-refractivity contribution is 6.13. The fraction of sp³-hybridized carbons (Fsp3) is 0.0345. The van der Waals surface area contributed by atoms with Crippen molar-refractivity contribution < 1.29 is 9.53 Å². The number of hydrogen-bond acceptors (Lipinski definition) is 4. The Morgan fingerprint density at radius 3 is 2.12 bits per heavy atom. The summed E-state index contributed by atoms with van der Waals surface area (Å²) >= 11 is 0. The van der Waals surface area contributed by atoms with Gasteiger partial charge in [0.1, 0.15) is 5.75 Å². The number of nitrogens with zero attached hydrogens (tertiary/aromatic N) is 1. The first kappa shape index (κ1) is 21.2. The first-order valence-electron chi connectivity index (χ1n) is 11.0. The minimum Gasteiger partial charge on any atom is -0.497 e. The third kappa shape index (κ3) is 4.59. The molecule has 0 fully saturated rings. The van der Waals surface area contributed by atoms with Gasteiger partial charge < -0.3 is 15.4 Å². The quantitative estimate of drug-likeness (QED) is 0.298. The van der Waals surface area contributed by atoms with Gasteiger partial charge in [0.25, 0.3) is 5.91 Å². The van der Waals surface area contributed by atoms with E-state index in [0.29, 0.717) is 5.56 Å². The van der Waals surface area contributed by atoms with E-state index < -0.39 is 0 Å². The van der Waals surface area contributed by atoms with Gasteiger partial charge in [-0.15, -0.1) is 0 Å². The molecule has 5 heteroatoms. The fourth-order valence-electron chi connectivity index (χ4n) is 3.80. The van der Waals surface area contributed by atoms with Gasteiger partial charge >= 0.3 is 0 Å². The lowest BCUT2D eigenvalue weighted by Crippen LogP contribution is -2.13. The number of carbonyl (C=O) groups excluding carboxylic acids is 1. The number of fused-ring (bicyclic) bond motifs is 1. The maximum Gasteiger partial charge on any atom is 0.256 e. The van der Waals surface area contributed by atoms with Gasteiger partial charge in [-0.25, -0.2) is 4.98 Å². The van der Waals surface area contributed by atoms with Crippen LogP contribution in [0.2, 0.25) is 0 Å². The van der Waals surface area contributed by atoms with Crippen molar-refractivity contribution in [3.63, 3.8) is 0 Å². The Bertz CT molecular complexity index is 1430. The maximum absolute atomic E-state index is 13.3. The van der Waals surface area contributed by atoms with Crippen LogP contribution in [0.1, 0.15) is 10.4 Å². The third-order valence-electron chi connectivity index (χ3n) is 5.55. The topological polar surface area (TPSA) is 63.2 Å². The lowest BCUT2D eigenvalue weighted by molar-refractivity contribution is 0.102. The fourth-order valence-corrected chi connectivity index (χ4v) is 3.80. The smallest absolute Gasteiger partial charge is 0.256 e. The zero-order chi connectivity index (χ0) is 23.3. The zero-order valence-electron chi connectivity index (χ0n) is 18.7. The van der Waals surface area contributed by atoms with Crippen LogP contribution in [0.15, 0.2) is 109 Å². The van der Waals surface area contributed by atoms with E-state index >= 15 is 0 Å². The normalized spacial score (nSPS) is 10.6. The second-order valence-corrected chi connectivity index (χ2v) is 7.82. The van der Waals surface area contributed by atoms with Crippen molar-refractivity contribution in [1.82, 2.24) is 4.98 Å². The van der Waals surface area contributed by atoms with Crippen molar-refractivity contribution in [2.24, 2.45) is 0 Å². The number of anilines is 3. The first-order chi connectivity index (χ1) is 16.7. The molecule has 0 spiro atoms. The summed E-state index contributed by atoms with van der Waals surface area (Å²) in [7, 11) is 1.63. The molecule has 0 unspecified atom stereocenters. The molecule has 0 aliphatic carbocycles. The predicted molar refractivity (Wildman–Crippen MR) is 138 cm³/mol. The lowest BCUT2D eigenvalue weighted by Gasteiger charge is -2.12. The summed E-state index contributed by atoms with van der Waals surface area (Å²) in [4.78, 5) is 18.1. The molecule has 0 aliphatic rings. The van der Waals surface area contributed by atoms with E-state index in [-0.39, 0.29) is 5.91 Å². The molecule has 166 valence electrons. The highest BCUT2D eigenvalue weighted by atomic mass is 16.5. The molecular formula is C29H23N3O2. The van der Waals surface area contributed by atoms with Crippen LogP contribution >= 0.6 is 0 Å². The number of hydrogen-bond donors (Lipinski definition) is 2. The average molecular weight is 446 g/mol. The number of aromatic nitrogens is 1. The number of benzene rings is 4. The monoisotopic (exact) mass is 445 g/mol. The summed E-state index contributed by atoms with van der Waals surface area (Å²) in [5.41, 5.74) is 5.65. The Kier molecular flexibility index (Phi) is 5.91. The maximum atomic E-state index is 13.3. The number of methoxy groups -OCH3 is 1. The molecule has 5 nitrogen and oxygen atoms in total. The van der Waals surface area contributed by atoms with Gasteiger partial charge in [-0.05, 0) is 72.8 Å². The molecule has 4 aromatic carbocycles. The molecule has 0 radical (unpaired) electrons. The van der Waals surface area contributed by atoms with Crippen molar-refractivity contribution in [1.29, 1.82) is 0 Å². The Labute approximate surface area is 198 Å². The summed E-state index contributed by atoms with van der Waals surface area (Å²) in [5, 5.41) is 7.17. The van der Waals surface area contributed by atoms with Crippen LogP contribution in [0.5, 0.6) is 5.75 Å². The van der Waals surface area contributed by atoms with Crippen LogP contribution in [0.4, 0.5) is 17.1 Å². The molecule has 1 amide bonds. The number of ether oxygens (including phenoxy) is 1. The van der Waals surface area contributed by atoms with Gasteiger partial charge in [-0.1, -0.05) is 36.4 Å². The predicted octanol–water partition coefficient (Wildman–Crippen LogP) is 6.91. The molecule has 0 saturated heterocycles. The second kappa shape index (κ2) is 9.46. The number of carbonyl (C=O) groups is 1. The van der Waals surface area contributed by atoms with Crippen molar-refractivity contribution in [2.75, 3.05) is 17.7 Å². The summed E-state index contributed by atoms with van der Waals surface area (Å²) in [5.74, 6) is 0.588. The second-order valence-electron chi connectivity index (χ2n) is 7.82. The molecule has 0 atom stereocenters. The minimum absolute atomic E-state index is 0.183. The molecule has 0 aliphatic heterocycles. The SMILES string of the molecule is COc1ccc(-c2cc(C(=O)Nc3ccc(Nc4ccccc4)cc3)c3ccccc3n2)cc1. The van der Waals surface area contributed by atoms with Crippen molar-refractivity contribution >= 4 is 33.9 Å². The zero-order valence-corrected chi connectivity index (χ0v) is 18.7. The molecular weight excluding hydrogens is 422 g/mol. The van der Waals surface area contributed by atoms with Crippen molar-refractivity contribution in [3.8, 4) is 17.0 Å². The molecule has 1 heterocycles. The summed E-state index contributed by atoms with van der Waals surface area (Å²) in [6.07, 6.45) is 0. The van der Waals surface area contributed by atoms with Crippen LogP contribution in [-0.4, -0.2) is 18.0 Å². The van der Waals surface area contributed by atoms with E-state index in [1.165, 1.54) is 0 Å². The standard InChI is InChI=1S/C29H23N3O2/c1-34-24-17-11-20(12-18-24)28-19-26(25-9-5-6-10-27(25)32-28)29(33)31-23-15-13-22(14-16-23)30-21-7-3-2-4-8-21/h2-19,30H,1H3,(H,31,33). The van der Waals surface area contributed by atoms with E-state index in [1.807, 2.05) is 109 Å². The summed E-state index contributed by atoms with van der Waals surface area (Å²) < 4.78 is 5.26. The largest absolute Gasteiger partial charge is 0.497 e. The lowest BCUT2D eigenvalue weighted by atomic mass is 10.0. The highest BCUT2D eigenvalue weighted by Gasteiger charge is 2.14. The average Bonchev–Trinajstić information content (AvgIpc) is 2.90. The number of rotatable bonds is 6. The minimum atomic E-state index is -0.183. The molecule has 34 heavy (non-hydrogen) atoms. The highest BCUT2D eigenvalue weighted by Crippen LogP contribution is 2.27. The van der Waals surface area contributed by atoms with Crippen molar-refractivity contribution in [3.05, 3.63) is 115 Å². The van der Waals surface area contributed by atoms with Crippen LogP contribution < -0.4 is 15.4 Å². The molecule has 5 aromatic rings. The molecule has 2 N–H and O–H groups in total. The molecule has 0 bridgehead atoms. The van der Waals surface area contributed by atoms with Gasteiger partial charge in [-0.2, -0.15) is 0 Å². The Balaban J connectivity index is 1.42. The Morgan fingerprint density at radius 2 is 1.38 bits per heavy atom. The number of pyridine rings is 1. The van der Waals surface area contributed by atoms with Gasteiger partial charge in [0.15, 0.2) is 0 Å². The van der Waals surface area contributed by atoms with Crippen LogP contribution in [0, 0.1) is 0 Å². The van der Waals surface area contributed by atoms with Crippen LogP contribution in [0.3, 0.4) is 0 Å². The molecule has 1 aromatic heterocycles. The van der Waals surface area contributed by atoms with Crippen LogP contribution in [-0.2, 0) is 0 Å². The molecule has 0 saturated carbocycles. The summed E-state index contributed by atoms with van der Waals surface area (Å²) in [6, 6.07) is 34.8.